The lowest BCUT2D eigenvalue weighted by Gasteiger charge is -2.16. The number of halogens is 2. The molecule has 1 atom stereocenters. The van der Waals surface area contributed by atoms with Gasteiger partial charge in [-0.15, -0.1) is 0 Å². The first-order chi connectivity index (χ1) is 10.9. The molecule has 0 saturated carbocycles. The van der Waals surface area contributed by atoms with Gasteiger partial charge >= 0.3 is 11.9 Å². The fourth-order valence-corrected chi connectivity index (χ4v) is 1.84. The van der Waals surface area contributed by atoms with E-state index in [1.807, 2.05) is 0 Å². The van der Waals surface area contributed by atoms with E-state index in [9.17, 15) is 23.2 Å². The maximum absolute atomic E-state index is 13.1. The summed E-state index contributed by atoms with van der Waals surface area (Å²) in [6, 6.07) is 2.04. The molecule has 1 aromatic rings. The number of amides is 1. The van der Waals surface area contributed by atoms with Crippen molar-refractivity contribution in [3.05, 3.63) is 35.4 Å². The summed E-state index contributed by atoms with van der Waals surface area (Å²) >= 11 is 0. The molecule has 0 aromatic heterocycles. The molecule has 1 rings (SSSR count). The van der Waals surface area contributed by atoms with Crippen molar-refractivity contribution in [2.75, 3.05) is 14.2 Å². The minimum Gasteiger partial charge on any atom is -0.469 e. The van der Waals surface area contributed by atoms with Crippen molar-refractivity contribution < 1.29 is 32.6 Å². The second-order valence-corrected chi connectivity index (χ2v) is 4.68. The Kier molecular flexibility index (Phi) is 7.11. The molecule has 0 fully saturated rings. The predicted octanol–water partition coefficient (Wildman–Crippen LogP) is 1.12. The standard InChI is InChI=1S/C15H17F2NO5/c1-22-14(20)6-5-12(15(21)23-2)18-13(19)8-9-3-4-10(16)11(17)7-9/h3-4,7,12H,5-6,8H2,1-2H3,(H,18,19)/t12-/m1/s1. The minimum atomic E-state index is -1.06. The molecule has 1 N–H and O–H groups in total. The van der Waals surface area contributed by atoms with Crippen molar-refractivity contribution in [1.82, 2.24) is 5.32 Å². The zero-order valence-electron chi connectivity index (χ0n) is 12.7. The summed E-state index contributed by atoms with van der Waals surface area (Å²) in [4.78, 5) is 34.6. The average Bonchev–Trinajstić information content (AvgIpc) is 2.53. The van der Waals surface area contributed by atoms with Crippen molar-refractivity contribution in [3.8, 4) is 0 Å². The smallest absolute Gasteiger partial charge is 0.328 e. The molecule has 0 spiro atoms. The average molecular weight is 329 g/mol. The first kappa shape index (κ1) is 18.5. The molecule has 0 heterocycles. The molecule has 6 nitrogen and oxygen atoms in total. The van der Waals surface area contributed by atoms with Crippen LogP contribution in [0.4, 0.5) is 8.78 Å². The minimum absolute atomic E-state index is 0.00284. The van der Waals surface area contributed by atoms with Crippen LogP contribution in [0.25, 0.3) is 0 Å². The van der Waals surface area contributed by atoms with Gasteiger partial charge in [0, 0.05) is 6.42 Å². The van der Waals surface area contributed by atoms with E-state index < -0.39 is 35.5 Å². The highest BCUT2D eigenvalue weighted by Crippen LogP contribution is 2.10. The number of esters is 2. The molecular weight excluding hydrogens is 312 g/mol. The van der Waals surface area contributed by atoms with Crippen LogP contribution in [-0.2, 0) is 30.3 Å². The lowest BCUT2D eigenvalue weighted by atomic mass is 10.1. The molecule has 0 unspecified atom stereocenters. The molecule has 0 radical (unpaired) electrons. The number of rotatable bonds is 7. The molecule has 0 bridgehead atoms. The van der Waals surface area contributed by atoms with Crippen LogP contribution in [0, 0.1) is 11.6 Å². The Morgan fingerprint density at radius 3 is 2.39 bits per heavy atom. The van der Waals surface area contributed by atoms with Gasteiger partial charge in [-0.2, -0.15) is 0 Å². The van der Waals surface area contributed by atoms with Crippen LogP contribution in [0.2, 0.25) is 0 Å². The van der Waals surface area contributed by atoms with Gasteiger partial charge in [0.15, 0.2) is 11.6 Å². The molecular formula is C15H17F2NO5. The van der Waals surface area contributed by atoms with E-state index in [4.69, 9.17) is 0 Å². The quantitative estimate of drug-likeness (QED) is 0.758. The lowest BCUT2D eigenvalue weighted by Crippen LogP contribution is -2.42. The fraction of sp³-hybridized carbons (Fsp3) is 0.400. The SMILES string of the molecule is COC(=O)CC[C@@H](NC(=O)Cc1ccc(F)c(F)c1)C(=O)OC. The summed E-state index contributed by atoms with van der Waals surface area (Å²) < 4.78 is 34.9. The normalized spacial score (nSPS) is 11.5. The van der Waals surface area contributed by atoms with Gasteiger partial charge in [0.25, 0.3) is 0 Å². The third kappa shape index (κ3) is 6.01. The van der Waals surface area contributed by atoms with Crippen molar-refractivity contribution in [3.63, 3.8) is 0 Å². The number of methoxy groups -OCH3 is 2. The predicted molar refractivity (Wildman–Crippen MR) is 75.3 cm³/mol. The highest BCUT2D eigenvalue weighted by molar-refractivity contribution is 5.86. The Morgan fingerprint density at radius 2 is 1.83 bits per heavy atom. The van der Waals surface area contributed by atoms with E-state index in [2.05, 4.69) is 14.8 Å². The van der Waals surface area contributed by atoms with Crippen LogP contribution in [0.5, 0.6) is 0 Å². The zero-order chi connectivity index (χ0) is 17.4. The van der Waals surface area contributed by atoms with E-state index in [0.29, 0.717) is 0 Å². The van der Waals surface area contributed by atoms with Gasteiger partial charge in [-0.25, -0.2) is 13.6 Å². The Balaban J connectivity index is 2.66. The Morgan fingerprint density at radius 1 is 1.13 bits per heavy atom. The third-order valence-corrected chi connectivity index (χ3v) is 3.03. The summed E-state index contributed by atoms with van der Waals surface area (Å²) in [7, 11) is 2.35. The summed E-state index contributed by atoms with van der Waals surface area (Å²) in [5.74, 6) is -3.91. The van der Waals surface area contributed by atoms with Crippen molar-refractivity contribution in [2.45, 2.75) is 25.3 Å². The van der Waals surface area contributed by atoms with Gasteiger partial charge < -0.3 is 14.8 Å². The number of hydrogen-bond acceptors (Lipinski definition) is 5. The van der Waals surface area contributed by atoms with E-state index in [0.717, 1.165) is 19.2 Å². The Bertz CT molecular complexity index is 591. The second-order valence-electron chi connectivity index (χ2n) is 4.68. The van der Waals surface area contributed by atoms with Crippen molar-refractivity contribution in [1.29, 1.82) is 0 Å². The molecule has 0 aliphatic carbocycles. The zero-order valence-corrected chi connectivity index (χ0v) is 12.7. The topological polar surface area (TPSA) is 81.7 Å². The van der Waals surface area contributed by atoms with Crippen LogP contribution in [0.3, 0.4) is 0 Å². The molecule has 1 aromatic carbocycles. The van der Waals surface area contributed by atoms with Crippen LogP contribution in [0.1, 0.15) is 18.4 Å². The number of nitrogens with one attached hydrogen (secondary N) is 1. The summed E-state index contributed by atoms with van der Waals surface area (Å²) in [5, 5.41) is 2.39. The molecule has 8 heteroatoms. The van der Waals surface area contributed by atoms with Crippen LogP contribution in [-0.4, -0.2) is 38.1 Å². The van der Waals surface area contributed by atoms with Gasteiger partial charge in [-0.3, -0.25) is 9.59 Å². The van der Waals surface area contributed by atoms with E-state index >= 15 is 0 Å². The molecule has 0 aliphatic rings. The lowest BCUT2D eigenvalue weighted by molar-refractivity contribution is -0.146. The van der Waals surface area contributed by atoms with Crippen molar-refractivity contribution in [2.24, 2.45) is 0 Å². The highest BCUT2D eigenvalue weighted by atomic mass is 19.2. The second kappa shape index (κ2) is 8.82. The molecule has 23 heavy (non-hydrogen) atoms. The van der Waals surface area contributed by atoms with E-state index in [1.54, 1.807) is 0 Å². The summed E-state index contributed by atoms with van der Waals surface area (Å²) in [5.41, 5.74) is 0.248. The van der Waals surface area contributed by atoms with Gasteiger partial charge in [-0.1, -0.05) is 6.07 Å². The van der Waals surface area contributed by atoms with E-state index in [-0.39, 0.29) is 24.8 Å². The van der Waals surface area contributed by atoms with Gasteiger partial charge in [0.05, 0.1) is 20.6 Å². The summed E-state index contributed by atoms with van der Waals surface area (Å²) in [6.45, 7) is 0. The number of carbonyl (C=O) groups excluding carboxylic acids is 3. The monoisotopic (exact) mass is 329 g/mol. The molecule has 1 amide bonds. The number of ether oxygens (including phenoxy) is 2. The number of benzene rings is 1. The Labute approximate surface area is 131 Å². The van der Waals surface area contributed by atoms with Crippen LogP contribution < -0.4 is 5.32 Å². The molecule has 126 valence electrons. The molecule has 0 aliphatic heterocycles. The number of hydrogen-bond donors (Lipinski definition) is 1. The number of carbonyl (C=O) groups is 3. The van der Waals surface area contributed by atoms with Crippen molar-refractivity contribution >= 4 is 17.8 Å². The first-order valence-corrected chi connectivity index (χ1v) is 6.75. The van der Waals surface area contributed by atoms with Crippen LogP contribution >= 0.6 is 0 Å². The highest BCUT2D eigenvalue weighted by Gasteiger charge is 2.22. The first-order valence-electron chi connectivity index (χ1n) is 6.75. The maximum Gasteiger partial charge on any atom is 0.328 e. The summed E-state index contributed by atoms with van der Waals surface area (Å²) in [6.07, 6.45) is -0.326. The molecule has 0 saturated heterocycles. The van der Waals surface area contributed by atoms with Crippen LogP contribution in [0.15, 0.2) is 18.2 Å². The van der Waals surface area contributed by atoms with Gasteiger partial charge in [0.2, 0.25) is 5.91 Å². The van der Waals surface area contributed by atoms with Gasteiger partial charge in [-0.05, 0) is 24.1 Å². The fourth-order valence-electron chi connectivity index (χ4n) is 1.84. The maximum atomic E-state index is 13.1. The van der Waals surface area contributed by atoms with Gasteiger partial charge in [0.1, 0.15) is 6.04 Å². The Hall–Kier alpha value is -2.51. The third-order valence-electron chi connectivity index (χ3n) is 3.03. The van der Waals surface area contributed by atoms with E-state index in [1.165, 1.54) is 13.2 Å². The largest absolute Gasteiger partial charge is 0.469 e.